The van der Waals surface area contributed by atoms with Crippen molar-refractivity contribution in [3.63, 3.8) is 0 Å². The fraction of sp³-hybridized carbons (Fsp3) is 0.133. The Balaban J connectivity index is 2.14. The minimum absolute atomic E-state index is 0.163. The average molecular weight is 272 g/mol. The van der Waals surface area contributed by atoms with Gasteiger partial charge in [0.05, 0.1) is 11.3 Å². The van der Waals surface area contributed by atoms with Gasteiger partial charge in [0.25, 0.3) is 0 Å². The lowest BCUT2D eigenvalue weighted by Crippen LogP contribution is -2.17. The molecule has 0 saturated heterocycles. The molecule has 0 radical (unpaired) electrons. The summed E-state index contributed by atoms with van der Waals surface area (Å²) >= 11 is 0. The third-order valence-corrected chi connectivity index (χ3v) is 3.49. The molecule has 1 aliphatic heterocycles. The highest BCUT2D eigenvalue weighted by atomic mass is 19.1. The van der Waals surface area contributed by atoms with Gasteiger partial charge in [-0.2, -0.15) is 0 Å². The average Bonchev–Trinajstić information content (AvgIpc) is 2.81. The topological polar surface area (TPSA) is 66.6 Å². The zero-order valence-corrected chi connectivity index (χ0v) is 10.6. The van der Waals surface area contributed by atoms with E-state index in [1.54, 1.807) is 23.1 Å². The Kier molecular flexibility index (Phi) is 2.82. The highest BCUT2D eigenvalue weighted by Gasteiger charge is 2.24. The number of benzene rings is 2. The Labute approximate surface area is 115 Å². The fourth-order valence-electron chi connectivity index (χ4n) is 2.56. The molecule has 4 nitrogen and oxygen atoms in total. The number of nitrogens with zero attached hydrogens (tertiary/aromatic N) is 1. The second kappa shape index (κ2) is 4.52. The summed E-state index contributed by atoms with van der Waals surface area (Å²) in [6, 6.07) is 9.22. The predicted octanol–water partition coefficient (Wildman–Crippen LogP) is 2.80. The van der Waals surface area contributed by atoms with Crippen molar-refractivity contribution in [2.24, 2.45) is 0 Å². The molecule has 3 N–H and O–H groups in total. The molecule has 1 heterocycles. The number of halogens is 1. The van der Waals surface area contributed by atoms with Crippen LogP contribution in [0.15, 0.2) is 36.4 Å². The van der Waals surface area contributed by atoms with Crippen LogP contribution in [0.25, 0.3) is 0 Å². The number of hydrogen-bond acceptors (Lipinski definition) is 3. The summed E-state index contributed by atoms with van der Waals surface area (Å²) < 4.78 is 13.4. The molecular weight excluding hydrogens is 259 g/mol. The second-order valence-corrected chi connectivity index (χ2v) is 4.76. The van der Waals surface area contributed by atoms with Gasteiger partial charge < -0.3 is 15.7 Å². The lowest BCUT2D eigenvalue weighted by molar-refractivity contribution is 0.0697. The maximum Gasteiger partial charge on any atom is 0.337 e. The molecule has 102 valence electrons. The van der Waals surface area contributed by atoms with Crippen LogP contribution in [0.5, 0.6) is 0 Å². The first-order chi connectivity index (χ1) is 9.56. The number of carboxylic acids is 1. The van der Waals surface area contributed by atoms with Crippen molar-refractivity contribution in [3.05, 3.63) is 53.3 Å². The van der Waals surface area contributed by atoms with Gasteiger partial charge in [-0.1, -0.05) is 6.07 Å². The number of carboxylic acid groups (broad SMARTS) is 1. The summed E-state index contributed by atoms with van der Waals surface area (Å²) in [6.45, 7) is 0.614. The van der Waals surface area contributed by atoms with E-state index >= 15 is 0 Å². The number of hydrogen-bond donors (Lipinski definition) is 2. The monoisotopic (exact) mass is 272 g/mol. The normalized spacial score (nSPS) is 13.3. The minimum atomic E-state index is -1.02. The molecule has 0 atom stereocenters. The highest BCUT2D eigenvalue weighted by Crippen LogP contribution is 2.37. The number of nitrogens with two attached hydrogens (primary N) is 1. The Morgan fingerprint density at radius 3 is 2.75 bits per heavy atom. The number of carbonyl (C=O) groups is 1. The van der Waals surface area contributed by atoms with Crippen LogP contribution >= 0.6 is 0 Å². The summed E-state index contributed by atoms with van der Waals surface area (Å²) in [5, 5.41) is 9.28. The molecule has 5 heteroatoms. The van der Waals surface area contributed by atoms with E-state index in [4.69, 9.17) is 5.73 Å². The molecule has 2 aromatic rings. The number of rotatable bonds is 2. The van der Waals surface area contributed by atoms with Crippen LogP contribution in [0.1, 0.15) is 15.9 Å². The third kappa shape index (κ3) is 1.97. The third-order valence-electron chi connectivity index (χ3n) is 3.49. The maximum atomic E-state index is 13.4. The summed E-state index contributed by atoms with van der Waals surface area (Å²) in [7, 11) is 0. The van der Waals surface area contributed by atoms with Crippen molar-refractivity contribution in [3.8, 4) is 0 Å². The Hall–Kier alpha value is -2.56. The molecule has 0 spiro atoms. The molecule has 0 aliphatic carbocycles. The van der Waals surface area contributed by atoms with E-state index in [9.17, 15) is 14.3 Å². The van der Waals surface area contributed by atoms with Crippen LogP contribution in [0.4, 0.5) is 21.5 Å². The van der Waals surface area contributed by atoms with Gasteiger partial charge in [-0.25, -0.2) is 9.18 Å². The fourth-order valence-corrected chi connectivity index (χ4v) is 2.56. The molecular formula is C15H13FN2O2. The van der Waals surface area contributed by atoms with Gasteiger partial charge in [-0.15, -0.1) is 0 Å². The summed E-state index contributed by atoms with van der Waals surface area (Å²) in [6.07, 6.45) is 0.753. The van der Waals surface area contributed by atoms with Gasteiger partial charge >= 0.3 is 5.97 Å². The molecule has 0 amide bonds. The molecule has 0 saturated carbocycles. The van der Waals surface area contributed by atoms with Gasteiger partial charge in [-0.05, 0) is 42.3 Å². The number of nitrogen functional groups attached to an aromatic ring is 1. The largest absolute Gasteiger partial charge is 0.478 e. The molecule has 0 bridgehead atoms. The summed E-state index contributed by atoms with van der Waals surface area (Å²) in [5.41, 5.74) is 8.61. The van der Waals surface area contributed by atoms with Crippen molar-refractivity contribution >= 4 is 23.0 Å². The van der Waals surface area contributed by atoms with Crippen LogP contribution in [0.3, 0.4) is 0 Å². The first-order valence-corrected chi connectivity index (χ1v) is 6.25. The van der Waals surface area contributed by atoms with E-state index < -0.39 is 5.97 Å². The lowest BCUT2D eigenvalue weighted by Gasteiger charge is -2.22. The Morgan fingerprint density at radius 2 is 2.00 bits per heavy atom. The van der Waals surface area contributed by atoms with E-state index in [0.717, 1.165) is 12.0 Å². The Morgan fingerprint density at radius 1 is 1.20 bits per heavy atom. The molecule has 2 aromatic carbocycles. The first kappa shape index (κ1) is 12.5. The van der Waals surface area contributed by atoms with Crippen molar-refractivity contribution in [1.29, 1.82) is 0 Å². The Bertz CT molecular complexity index is 700. The highest BCUT2D eigenvalue weighted by molar-refractivity contribution is 5.97. The number of aromatic carboxylic acids is 1. The van der Waals surface area contributed by atoms with Gasteiger partial charge in [-0.3, -0.25) is 0 Å². The standard InChI is InChI=1S/C15H13FN2O2/c16-10-2-1-9-5-6-18(13(9)7-10)14-8-11(17)3-4-12(14)15(19)20/h1-4,7-8H,5-6,17H2,(H,19,20). The molecule has 3 rings (SSSR count). The van der Waals surface area contributed by atoms with E-state index in [2.05, 4.69) is 0 Å². The van der Waals surface area contributed by atoms with Crippen LogP contribution in [-0.4, -0.2) is 17.6 Å². The van der Waals surface area contributed by atoms with Crippen molar-refractivity contribution < 1.29 is 14.3 Å². The van der Waals surface area contributed by atoms with Gasteiger partial charge in [0.2, 0.25) is 0 Å². The maximum absolute atomic E-state index is 13.4. The number of anilines is 3. The van der Waals surface area contributed by atoms with E-state index in [1.807, 2.05) is 0 Å². The molecule has 20 heavy (non-hydrogen) atoms. The van der Waals surface area contributed by atoms with Crippen LogP contribution in [-0.2, 0) is 6.42 Å². The lowest BCUT2D eigenvalue weighted by atomic mass is 10.1. The predicted molar refractivity (Wildman–Crippen MR) is 74.9 cm³/mol. The SMILES string of the molecule is Nc1ccc(C(=O)O)c(N2CCc3ccc(F)cc32)c1. The van der Waals surface area contributed by atoms with Crippen molar-refractivity contribution in [2.45, 2.75) is 6.42 Å². The molecule has 0 unspecified atom stereocenters. The van der Waals surface area contributed by atoms with Crippen LogP contribution in [0.2, 0.25) is 0 Å². The first-order valence-electron chi connectivity index (χ1n) is 6.25. The van der Waals surface area contributed by atoms with Crippen molar-refractivity contribution in [2.75, 3.05) is 17.2 Å². The van der Waals surface area contributed by atoms with Gasteiger partial charge in [0.15, 0.2) is 0 Å². The van der Waals surface area contributed by atoms with Crippen LogP contribution < -0.4 is 10.6 Å². The minimum Gasteiger partial charge on any atom is -0.478 e. The quantitative estimate of drug-likeness (QED) is 0.825. The van der Waals surface area contributed by atoms with Gasteiger partial charge in [0.1, 0.15) is 5.82 Å². The van der Waals surface area contributed by atoms with E-state index in [0.29, 0.717) is 23.6 Å². The molecule has 0 aromatic heterocycles. The zero-order chi connectivity index (χ0) is 14.3. The van der Waals surface area contributed by atoms with E-state index in [-0.39, 0.29) is 11.4 Å². The molecule has 1 aliphatic rings. The smallest absolute Gasteiger partial charge is 0.337 e. The zero-order valence-electron chi connectivity index (χ0n) is 10.6. The van der Waals surface area contributed by atoms with Crippen LogP contribution in [0, 0.1) is 5.82 Å². The number of fused-ring (bicyclic) bond motifs is 1. The summed E-state index contributed by atoms with van der Waals surface area (Å²) in [5.74, 6) is -1.36. The molecule has 0 fully saturated rings. The van der Waals surface area contributed by atoms with E-state index in [1.165, 1.54) is 18.2 Å². The van der Waals surface area contributed by atoms with Crippen molar-refractivity contribution in [1.82, 2.24) is 0 Å². The second-order valence-electron chi connectivity index (χ2n) is 4.76. The van der Waals surface area contributed by atoms with Gasteiger partial charge in [0, 0.05) is 17.9 Å². The summed E-state index contributed by atoms with van der Waals surface area (Å²) in [4.78, 5) is 13.1.